The molecule has 1 aromatic carbocycles. The third-order valence-corrected chi connectivity index (χ3v) is 4.98. The molecule has 0 spiro atoms. The first-order chi connectivity index (χ1) is 9.10. The predicted octanol–water partition coefficient (Wildman–Crippen LogP) is 3.27. The molecule has 1 fully saturated rings. The minimum Gasteiger partial charge on any atom is -0.349 e. The molecule has 0 saturated carbocycles. The van der Waals surface area contributed by atoms with E-state index >= 15 is 0 Å². The first kappa shape index (κ1) is 15.3. The molecule has 0 aliphatic carbocycles. The van der Waals surface area contributed by atoms with Gasteiger partial charge in [0.2, 0.25) is 0 Å². The van der Waals surface area contributed by atoms with Crippen molar-refractivity contribution in [2.75, 3.05) is 19.6 Å². The number of likely N-dealkylation sites (tertiary alicyclic amines) is 1. The van der Waals surface area contributed by atoms with E-state index in [2.05, 4.69) is 55.7 Å². The number of carbonyl (C=O) groups excluding carboxylic acids is 1. The molecule has 0 unspecified atom stereocenters. The van der Waals surface area contributed by atoms with Crippen LogP contribution in [0.5, 0.6) is 0 Å². The molecule has 0 bridgehead atoms. The predicted molar refractivity (Wildman–Crippen MR) is 89.5 cm³/mol. The van der Waals surface area contributed by atoms with Crippen molar-refractivity contribution < 1.29 is 4.79 Å². The van der Waals surface area contributed by atoms with Gasteiger partial charge in [-0.05, 0) is 60.2 Å². The van der Waals surface area contributed by atoms with Crippen LogP contribution in [0.1, 0.15) is 30.1 Å². The summed E-state index contributed by atoms with van der Waals surface area (Å²) in [5.41, 5.74) is 0.757. The Morgan fingerprint density at radius 1 is 1.47 bits per heavy atom. The summed E-state index contributed by atoms with van der Waals surface area (Å²) in [5, 5.41) is 3.16. The Hall–Kier alpha value is -0.140. The molecular weight excluding hydrogens is 419 g/mol. The second-order valence-corrected chi connectivity index (χ2v) is 6.88. The van der Waals surface area contributed by atoms with Gasteiger partial charge in [-0.3, -0.25) is 4.79 Å². The van der Waals surface area contributed by atoms with Crippen LogP contribution in [-0.2, 0) is 0 Å². The Balaban J connectivity index is 1.96. The van der Waals surface area contributed by atoms with Gasteiger partial charge in [0.25, 0.3) is 5.91 Å². The number of hydrogen-bond donors (Lipinski definition) is 1. The zero-order valence-electron chi connectivity index (χ0n) is 11.0. The van der Waals surface area contributed by atoms with E-state index in [0.29, 0.717) is 6.04 Å². The normalized spacial score (nSPS) is 17.4. The molecule has 1 aliphatic rings. The van der Waals surface area contributed by atoms with Gasteiger partial charge in [-0.1, -0.05) is 22.9 Å². The van der Waals surface area contributed by atoms with E-state index in [9.17, 15) is 4.79 Å². The maximum Gasteiger partial charge on any atom is 0.252 e. The van der Waals surface area contributed by atoms with Gasteiger partial charge in [-0.25, -0.2) is 0 Å². The van der Waals surface area contributed by atoms with Crippen LogP contribution in [0.2, 0.25) is 0 Å². The molecule has 0 radical (unpaired) electrons. The van der Waals surface area contributed by atoms with Gasteiger partial charge in [-0.2, -0.15) is 0 Å². The number of hydrogen-bond acceptors (Lipinski definition) is 2. The number of rotatable bonds is 3. The molecule has 2 rings (SSSR count). The smallest absolute Gasteiger partial charge is 0.252 e. The van der Waals surface area contributed by atoms with Crippen molar-refractivity contribution >= 4 is 44.4 Å². The molecule has 1 aliphatic heterocycles. The summed E-state index contributed by atoms with van der Waals surface area (Å²) < 4.78 is 1.93. The average molecular weight is 437 g/mol. The van der Waals surface area contributed by atoms with Crippen molar-refractivity contribution in [1.82, 2.24) is 10.2 Å². The first-order valence-corrected chi connectivity index (χ1v) is 8.45. The number of carbonyl (C=O) groups is 1. The van der Waals surface area contributed by atoms with Gasteiger partial charge in [0.1, 0.15) is 0 Å². The van der Waals surface area contributed by atoms with E-state index in [1.807, 2.05) is 18.2 Å². The Kier molecular flexibility index (Phi) is 5.65. The lowest BCUT2D eigenvalue weighted by Gasteiger charge is -2.31. The van der Waals surface area contributed by atoms with Crippen molar-refractivity contribution in [1.29, 1.82) is 0 Å². The number of amides is 1. The third kappa shape index (κ3) is 4.16. The Labute approximate surface area is 136 Å². The minimum atomic E-state index is 0.0423. The highest BCUT2D eigenvalue weighted by Gasteiger charge is 2.21. The maximum atomic E-state index is 12.3. The van der Waals surface area contributed by atoms with E-state index in [1.54, 1.807) is 0 Å². The molecule has 1 amide bonds. The number of nitrogens with one attached hydrogen (secondary N) is 1. The fourth-order valence-electron chi connectivity index (χ4n) is 2.33. The lowest BCUT2D eigenvalue weighted by molar-refractivity contribution is 0.0911. The second kappa shape index (κ2) is 7.04. The van der Waals surface area contributed by atoms with Gasteiger partial charge >= 0.3 is 0 Å². The number of halogens is 2. The number of benzene rings is 1. The largest absolute Gasteiger partial charge is 0.349 e. The molecule has 0 aromatic heterocycles. The van der Waals surface area contributed by atoms with Crippen LogP contribution >= 0.6 is 38.5 Å². The van der Waals surface area contributed by atoms with E-state index < -0.39 is 0 Å². The fraction of sp³-hybridized carbons (Fsp3) is 0.500. The summed E-state index contributed by atoms with van der Waals surface area (Å²) in [6, 6.07) is 6.11. The molecule has 5 heteroatoms. The van der Waals surface area contributed by atoms with Crippen LogP contribution in [0.4, 0.5) is 0 Å². The minimum absolute atomic E-state index is 0.0423. The molecule has 3 nitrogen and oxygen atoms in total. The Bertz CT molecular complexity index is 459. The third-order valence-electron chi connectivity index (χ3n) is 3.54. The van der Waals surface area contributed by atoms with E-state index in [1.165, 1.54) is 0 Å². The standard InChI is InChI=1S/C14H18BrIN2O/c1-2-18-7-5-11(6-8-18)17-14(19)12-9-10(15)3-4-13(12)16/h3-4,9,11H,2,5-8H2,1H3,(H,17,19). The van der Waals surface area contributed by atoms with E-state index in [4.69, 9.17) is 0 Å². The molecule has 0 atom stereocenters. The van der Waals surface area contributed by atoms with Gasteiger partial charge < -0.3 is 10.2 Å². The molecule has 1 N–H and O–H groups in total. The zero-order chi connectivity index (χ0) is 13.8. The molecule has 1 saturated heterocycles. The highest BCUT2D eigenvalue weighted by molar-refractivity contribution is 14.1. The molecular formula is C14H18BrIN2O. The Morgan fingerprint density at radius 2 is 2.16 bits per heavy atom. The average Bonchev–Trinajstić information content (AvgIpc) is 2.42. The summed E-state index contributed by atoms with van der Waals surface area (Å²) in [5.74, 6) is 0.0423. The van der Waals surface area contributed by atoms with Gasteiger partial charge in [-0.15, -0.1) is 0 Å². The highest BCUT2D eigenvalue weighted by Crippen LogP contribution is 2.19. The van der Waals surface area contributed by atoms with Crippen LogP contribution in [0.25, 0.3) is 0 Å². The summed E-state index contributed by atoms with van der Waals surface area (Å²) in [6.45, 7) is 5.45. The van der Waals surface area contributed by atoms with Crippen molar-refractivity contribution in [3.63, 3.8) is 0 Å². The van der Waals surface area contributed by atoms with Crippen LogP contribution in [0, 0.1) is 3.57 Å². The highest BCUT2D eigenvalue weighted by atomic mass is 127. The van der Waals surface area contributed by atoms with Crippen molar-refractivity contribution in [3.05, 3.63) is 31.8 Å². The van der Waals surface area contributed by atoms with Gasteiger partial charge in [0.05, 0.1) is 5.56 Å². The van der Waals surface area contributed by atoms with Crippen LogP contribution in [0.15, 0.2) is 22.7 Å². The van der Waals surface area contributed by atoms with Crippen molar-refractivity contribution in [3.8, 4) is 0 Å². The number of piperidine rings is 1. The lowest BCUT2D eigenvalue weighted by atomic mass is 10.0. The summed E-state index contributed by atoms with van der Waals surface area (Å²) in [4.78, 5) is 14.7. The van der Waals surface area contributed by atoms with Gasteiger partial charge in [0.15, 0.2) is 0 Å². The van der Waals surface area contributed by atoms with Gasteiger partial charge in [0, 0.05) is 27.2 Å². The van der Waals surface area contributed by atoms with E-state index in [0.717, 1.165) is 46.1 Å². The maximum absolute atomic E-state index is 12.3. The Morgan fingerprint density at radius 3 is 2.79 bits per heavy atom. The fourth-order valence-corrected chi connectivity index (χ4v) is 3.27. The summed E-state index contributed by atoms with van der Waals surface area (Å²) >= 11 is 5.62. The quantitative estimate of drug-likeness (QED) is 0.737. The second-order valence-electron chi connectivity index (χ2n) is 4.81. The lowest BCUT2D eigenvalue weighted by Crippen LogP contribution is -2.44. The van der Waals surface area contributed by atoms with E-state index in [-0.39, 0.29) is 5.91 Å². The molecule has 19 heavy (non-hydrogen) atoms. The monoisotopic (exact) mass is 436 g/mol. The summed E-state index contributed by atoms with van der Waals surface area (Å²) in [6.07, 6.45) is 2.09. The first-order valence-electron chi connectivity index (χ1n) is 6.58. The van der Waals surface area contributed by atoms with Crippen LogP contribution < -0.4 is 5.32 Å². The zero-order valence-corrected chi connectivity index (χ0v) is 14.7. The molecule has 104 valence electrons. The molecule has 1 heterocycles. The topological polar surface area (TPSA) is 32.3 Å². The molecule has 1 aromatic rings. The van der Waals surface area contributed by atoms with Crippen LogP contribution in [-0.4, -0.2) is 36.5 Å². The summed E-state index contributed by atoms with van der Waals surface area (Å²) in [7, 11) is 0. The number of nitrogens with zero attached hydrogens (tertiary/aromatic N) is 1. The SMILES string of the molecule is CCN1CCC(NC(=O)c2cc(Br)ccc2I)CC1. The van der Waals surface area contributed by atoms with Crippen molar-refractivity contribution in [2.24, 2.45) is 0 Å². The van der Waals surface area contributed by atoms with Crippen LogP contribution in [0.3, 0.4) is 0 Å². The van der Waals surface area contributed by atoms with Crippen molar-refractivity contribution in [2.45, 2.75) is 25.8 Å².